The normalized spacial score (nSPS) is 12.0. The highest BCUT2D eigenvalue weighted by atomic mass is 19.1. The molecule has 1 atom stereocenters. The molecule has 0 amide bonds. The van der Waals surface area contributed by atoms with Crippen molar-refractivity contribution in [2.24, 2.45) is 5.73 Å². The summed E-state index contributed by atoms with van der Waals surface area (Å²) in [5, 5.41) is 0. The number of rotatable bonds is 5. The lowest BCUT2D eigenvalue weighted by atomic mass is 10.0. The van der Waals surface area contributed by atoms with Gasteiger partial charge in [0.25, 0.3) is 0 Å². The van der Waals surface area contributed by atoms with Crippen molar-refractivity contribution in [2.45, 2.75) is 33.2 Å². The molecule has 0 aliphatic carbocycles. The summed E-state index contributed by atoms with van der Waals surface area (Å²) in [6, 6.07) is 3.14. The van der Waals surface area contributed by atoms with E-state index < -0.39 is 0 Å². The maximum Gasteiger partial charge on any atom is 0.126 e. The van der Waals surface area contributed by atoms with E-state index in [9.17, 15) is 4.39 Å². The van der Waals surface area contributed by atoms with Crippen molar-refractivity contribution in [3.63, 3.8) is 0 Å². The summed E-state index contributed by atoms with van der Waals surface area (Å²) in [7, 11) is 0. The molecule has 2 N–H and O–H groups in total. The van der Waals surface area contributed by atoms with Crippen LogP contribution in [0, 0.1) is 25.1 Å². The molecule has 1 unspecified atom stereocenters. The number of aryl methyl sites for hydroxylation is 1. The maximum absolute atomic E-state index is 13.6. The average molecular weight is 248 g/mol. The Morgan fingerprint density at radius 1 is 1.50 bits per heavy atom. The first-order valence-electron chi connectivity index (χ1n) is 6.25. The first kappa shape index (κ1) is 14.5. The monoisotopic (exact) mass is 248 g/mol. The summed E-state index contributed by atoms with van der Waals surface area (Å²) in [6.45, 7) is 7.05. The predicted octanol–water partition coefficient (Wildman–Crippen LogP) is 3.00. The topological polar surface area (TPSA) is 29.3 Å². The molecule has 0 bridgehead atoms. The van der Waals surface area contributed by atoms with Crippen LogP contribution in [0.4, 0.5) is 10.1 Å². The van der Waals surface area contributed by atoms with Crippen LogP contribution in [0.25, 0.3) is 0 Å². The standard InChI is InChI=1S/C15H21FN2/c1-5-7-18(8-6-2)15-9-11(3)14(16)10-13(15)12(4)17/h1,9-10,12H,6-8,17H2,2-4H3. The van der Waals surface area contributed by atoms with Crippen molar-refractivity contribution in [1.82, 2.24) is 0 Å². The molecule has 2 nitrogen and oxygen atoms in total. The maximum atomic E-state index is 13.6. The van der Waals surface area contributed by atoms with Gasteiger partial charge in [-0.2, -0.15) is 0 Å². The van der Waals surface area contributed by atoms with E-state index in [1.807, 2.05) is 13.0 Å². The van der Waals surface area contributed by atoms with Gasteiger partial charge in [-0.25, -0.2) is 4.39 Å². The largest absolute Gasteiger partial charge is 0.360 e. The van der Waals surface area contributed by atoms with Gasteiger partial charge in [0.05, 0.1) is 6.54 Å². The van der Waals surface area contributed by atoms with Crippen LogP contribution in [-0.2, 0) is 0 Å². The fourth-order valence-electron chi connectivity index (χ4n) is 1.99. The molecule has 0 spiro atoms. The van der Waals surface area contributed by atoms with E-state index in [0.717, 1.165) is 24.2 Å². The van der Waals surface area contributed by atoms with Gasteiger partial charge >= 0.3 is 0 Å². The number of benzene rings is 1. The minimum absolute atomic E-state index is 0.216. The number of terminal acetylenes is 1. The van der Waals surface area contributed by atoms with E-state index in [1.54, 1.807) is 6.92 Å². The zero-order valence-corrected chi connectivity index (χ0v) is 11.3. The average Bonchev–Trinajstić information content (AvgIpc) is 2.31. The number of nitrogens with zero attached hydrogens (tertiary/aromatic N) is 1. The van der Waals surface area contributed by atoms with Crippen LogP contribution in [0.5, 0.6) is 0 Å². The van der Waals surface area contributed by atoms with Crippen LogP contribution in [0.15, 0.2) is 12.1 Å². The predicted molar refractivity (Wildman–Crippen MR) is 75.1 cm³/mol. The van der Waals surface area contributed by atoms with Crippen molar-refractivity contribution in [3.8, 4) is 12.3 Å². The molecule has 0 saturated carbocycles. The van der Waals surface area contributed by atoms with Gasteiger partial charge in [-0.3, -0.25) is 0 Å². The summed E-state index contributed by atoms with van der Waals surface area (Å²) in [5.41, 5.74) is 8.29. The summed E-state index contributed by atoms with van der Waals surface area (Å²) >= 11 is 0. The minimum atomic E-state index is -0.219. The van der Waals surface area contributed by atoms with Gasteiger partial charge in [0, 0.05) is 18.3 Å². The Kier molecular flexibility index (Phi) is 5.18. The van der Waals surface area contributed by atoms with Crippen LogP contribution in [0.2, 0.25) is 0 Å². The van der Waals surface area contributed by atoms with Crippen LogP contribution >= 0.6 is 0 Å². The third-order valence-electron chi connectivity index (χ3n) is 2.91. The molecule has 18 heavy (non-hydrogen) atoms. The van der Waals surface area contributed by atoms with Crippen molar-refractivity contribution in [1.29, 1.82) is 0 Å². The van der Waals surface area contributed by atoms with Crippen LogP contribution < -0.4 is 10.6 Å². The Morgan fingerprint density at radius 2 is 2.17 bits per heavy atom. The number of anilines is 1. The van der Waals surface area contributed by atoms with Crippen molar-refractivity contribution >= 4 is 5.69 Å². The number of nitrogens with two attached hydrogens (primary N) is 1. The van der Waals surface area contributed by atoms with Gasteiger partial charge in [0.15, 0.2) is 0 Å². The lowest BCUT2D eigenvalue weighted by Crippen LogP contribution is -2.27. The summed E-state index contributed by atoms with van der Waals surface area (Å²) < 4.78 is 13.6. The molecule has 0 heterocycles. The highest BCUT2D eigenvalue weighted by Crippen LogP contribution is 2.28. The molecular weight excluding hydrogens is 227 g/mol. The second kappa shape index (κ2) is 6.42. The first-order chi connectivity index (χ1) is 8.51. The molecule has 0 radical (unpaired) electrons. The molecular formula is C15H21FN2. The van der Waals surface area contributed by atoms with E-state index in [4.69, 9.17) is 12.2 Å². The minimum Gasteiger partial charge on any atom is -0.360 e. The summed E-state index contributed by atoms with van der Waals surface area (Å²) in [5.74, 6) is 2.42. The van der Waals surface area contributed by atoms with E-state index in [1.165, 1.54) is 6.07 Å². The molecule has 0 fully saturated rings. The van der Waals surface area contributed by atoms with Gasteiger partial charge in [0.2, 0.25) is 0 Å². The molecule has 0 saturated heterocycles. The second-order valence-electron chi connectivity index (χ2n) is 4.57. The SMILES string of the molecule is C#CCN(CCC)c1cc(C)c(F)cc1C(C)N. The van der Waals surface area contributed by atoms with Crippen LogP contribution in [0.1, 0.15) is 37.4 Å². The van der Waals surface area contributed by atoms with Crippen LogP contribution in [-0.4, -0.2) is 13.1 Å². The third kappa shape index (κ3) is 3.24. The second-order valence-corrected chi connectivity index (χ2v) is 4.57. The quantitative estimate of drug-likeness (QED) is 0.812. The van der Waals surface area contributed by atoms with E-state index in [-0.39, 0.29) is 11.9 Å². The summed E-state index contributed by atoms with van der Waals surface area (Å²) in [4.78, 5) is 2.07. The number of hydrogen-bond acceptors (Lipinski definition) is 2. The Balaban J connectivity index is 3.26. The fourth-order valence-corrected chi connectivity index (χ4v) is 1.99. The highest BCUT2D eigenvalue weighted by molar-refractivity contribution is 5.57. The Labute approximate surface area is 109 Å². The zero-order valence-electron chi connectivity index (χ0n) is 11.3. The smallest absolute Gasteiger partial charge is 0.126 e. The molecule has 1 rings (SSSR count). The molecule has 0 aliphatic heterocycles. The fraction of sp³-hybridized carbons (Fsp3) is 0.467. The van der Waals surface area contributed by atoms with E-state index >= 15 is 0 Å². The summed E-state index contributed by atoms with van der Waals surface area (Å²) in [6.07, 6.45) is 6.38. The molecule has 0 aromatic heterocycles. The van der Waals surface area contributed by atoms with Gasteiger partial charge in [-0.1, -0.05) is 12.8 Å². The first-order valence-corrected chi connectivity index (χ1v) is 6.25. The van der Waals surface area contributed by atoms with Crippen molar-refractivity contribution in [3.05, 3.63) is 29.1 Å². The number of hydrogen-bond donors (Lipinski definition) is 1. The molecule has 1 aromatic carbocycles. The molecule has 3 heteroatoms. The van der Waals surface area contributed by atoms with Gasteiger partial charge in [-0.15, -0.1) is 6.42 Å². The lowest BCUT2D eigenvalue weighted by molar-refractivity contribution is 0.612. The molecule has 98 valence electrons. The molecule has 0 aliphatic rings. The van der Waals surface area contributed by atoms with Gasteiger partial charge < -0.3 is 10.6 Å². The van der Waals surface area contributed by atoms with Gasteiger partial charge in [-0.05, 0) is 43.5 Å². The Hall–Kier alpha value is -1.53. The lowest BCUT2D eigenvalue weighted by Gasteiger charge is -2.26. The molecule has 1 aromatic rings. The van der Waals surface area contributed by atoms with E-state index in [2.05, 4.69) is 17.7 Å². The Morgan fingerprint density at radius 3 is 2.67 bits per heavy atom. The highest BCUT2D eigenvalue weighted by Gasteiger charge is 2.15. The van der Waals surface area contributed by atoms with Crippen molar-refractivity contribution < 1.29 is 4.39 Å². The Bertz CT molecular complexity index is 447. The van der Waals surface area contributed by atoms with Gasteiger partial charge in [0.1, 0.15) is 5.82 Å². The van der Waals surface area contributed by atoms with E-state index in [0.29, 0.717) is 12.1 Å². The van der Waals surface area contributed by atoms with Crippen LogP contribution in [0.3, 0.4) is 0 Å². The zero-order chi connectivity index (χ0) is 13.7. The third-order valence-corrected chi connectivity index (χ3v) is 2.91. The number of halogens is 1. The van der Waals surface area contributed by atoms with Crippen molar-refractivity contribution in [2.75, 3.05) is 18.0 Å².